The fourth-order valence-electron chi connectivity index (χ4n) is 7.08. The minimum atomic E-state index is 1.06. The van der Waals surface area contributed by atoms with Gasteiger partial charge in [-0.1, -0.05) is 109 Å². The van der Waals surface area contributed by atoms with Crippen LogP contribution in [0.1, 0.15) is 0 Å². The predicted octanol–water partition coefficient (Wildman–Crippen LogP) is 12.2. The summed E-state index contributed by atoms with van der Waals surface area (Å²) in [6, 6.07) is 52.6. The Morgan fingerprint density at radius 1 is 0.511 bits per heavy atom. The van der Waals surface area contributed by atoms with E-state index in [1.165, 1.54) is 74.1 Å². The quantitative estimate of drug-likeness (QED) is 0.195. The highest BCUT2D eigenvalue weighted by Gasteiger charge is 2.22. The Balaban J connectivity index is 1.31. The molecule has 0 fully saturated rings. The van der Waals surface area contributed by atoms with E-state index in [9.17, 15) is 0 Å². The van der Waals surface area contributed by atoms with Gasteiger partial charge in [-0.25, -0.2) is 4.98 Å². The lowest BCUT2D eigenvalue weighted by atomic mass is 10.0. The maximum atomic E-state index is 5.36. The van der Waals surface area contributed by atoms with E-state index in [4.69, 9.17) is 4.98 Å². The standard InChI is InChI=1S/C41H24N2S2/c1-3-12-25(13-4-1)29-19-11-20-31-37-35(44-39(29)31)23-22-33-40(37)45-41(42-33)32-24-26-14-7-8-17-28(26)38-36(32)30-18-9-10-21-34(30)43(38)27-15-5-2-6-16-27/h1-24H. The maximum Gasteiger partial charge on any atom is 0.125 e. The van der Waals surface area contributed by atoms with Crippen LogP contribution in [-0.2, 0) is 0 Å². The van der Waals surface area contributed by atoms with Gasteiger partial charge in [0, 0.05) is 47.6 Å². The van der Waals surface area contributed by atoms with E-state index in [-0.39, 0.29) is 0 Å². The first-order valence-corrected chi connectivity index (χ1v) is 16.8. The van der Waals surface area contributed by atoms with Crippen molar-refractivity contribution in [3.05, 3.63) is 146 Å². The Labute approximate surface area is 267 Å². The summed E-state index contributed by atoms with van der Waals surface area (Å²) in [6.45, 7) is 0. The van der Waals surface area contributed by atoms with Gasteiger partial charge in [0.05, 0.1) is 21.3 Å². The summed E-state index contributed by atoms with van der Waals surface area (Å²) in [4.78, 5) is 5.36. The molecule has 0 aliphatic heterocycles. The van der Waals surface area contributed by atoms with Crippen LogP contribution in [0.2, 0.25) is 0 Å². The van der Waals surface area contributed by atoms with Gasteiger partial charge in [0.15, 0.2) is 0 Å². The van der Waals surface area contributed by atoms with Crippen LogP contribution in [0.15, 0.2) is 146 Å². The number of thiazole rings is 1. The van der Waals surface area contributed by atoms with E-state index in [1.807, 2.05) is 22.7 Å². The Kier molecular flexibility index (Phi) is 5.35. The lowest BCUT2D eigenvalue weighted by Crippen LogP contribution is -1.94. The second kappa shape index (κ2) is 9.60. The summed E-state index contributed by atoms with van der Waals surface area (Å²) >= 11 is 3.71. The fraction of sp³-hybridized carbons (Fsp3) is 0. The maximum absolute atomic E-state index is 5.36. The van der Waals surface area contributed by atoms with E-state index >= 15 is 0 Å². The van der Waals surface area contributed by atoms with Crippen molar-refractivity contribution in [2.75, 3.05) is 0 Å². The average Bonchev–Trinajstić information content (AvgIpc) is 3.80. The molecule has 0 bridgehead atoms. The minimum Gasteiger partial charge on any atom is -0.309 e. The Morgan fingerprint density at radius 2 is 1.24 bits per heavy atom. The number of thiophene rings is 1. The highest BCUT2D eigenvalue weighted by Crippen LogP contribution is 2.48. The van der Waals surface area contributed by atoms with Crippen molar-refractivity contribution in [1.82, 2.24) is 9.55 Å². The average molecular weight is 609 g/mol. The van der Waals surface area contributed by atoms with Gasteiger partial charge < -0.3 is 4.57 Å². The van der Waals surface area contributed by atoms with Gasteiger partial charge in [-0.2, -0.15) is 0 Å². The highest BCUT2D eigenvalue weighted by atomic mass is 32.1. The molecule has 0 unspecified atom stereocenters. The molecular weight excluding hydrogens is 585 g/mol. The zero-order chi connectivity index (χ0) is 29.5. The number of fused-ring (bicyclic) bond motifs is 10. The van der Waals surface area contributed by atoms with Crippen molar-refractivity contribution >= 4 is 85.6 Å². The third kappa shape index (κ3) is 3.64. The van der Waals surface area contributed by atoms with E-state index in [0.717, 1.165) is 16.2 Å². The van der Waals surface area contributed by atoms with Crippen LogP contribution in [0.5, 0.6) is 0 Å². The summed E-state index contributed by atoms with van der Waals surface area (Å²) in [6.07, 6.45) is 0. The van der Waals surface area contributed by atoms with E-state index in [1.54, 1.807) is 0 Å². The predicted molar refractivity (Wildman–Crippen MR) is 195 cm³/mol. The molecule has 3 aromatic heterocycles. The van der Waals surface area contributed by atoms with Crippen LogP contribution in [0.4, 0.5) is 0 Å². The Bertz CT molecular complexity index is 2750. The van der Waals surface area contributed by atoms with Gasteiger partial charge in [-0.3, -0.25) is 0 Å². The summed E-state index contributed by atoms with van der Waals surface area (Å²) in [7, 11) is 0. The molecule has 0 aliphatic carbocycles. The zero-order valence-electron chi connectivity index (χ0n) is 24.1. The van der Waals surface area contributed by atoms with Crippen molar-refractivity contribution < 1.29 is 0 Å². The molecule has 45 heavy (non-hydrogen) atoms. The van der Waals surface area contributed by atoms with Crippen LogP contribution in [0.3, 0.4) is 0 Å². The molecule has 0 saturated carbocycles. The first-order valence-electron chi connectivity index (χ1n) is 15.1. The number of hydrogen-bond acceptors (Lipinski definition) is 3. The van der Waals surface area contributed by atoms with E-state index in [2.05, 4.69) is 150 Å². The number of benzene rings is 7. The molecule has 0 aliphatic rings. The Hall–Kier alpha value is -5.29. The molecule has 4 heteroatoms. The number of rotatable bonds is 3. The third-order valence-electron chi connectivity index (χ3n) is 9.01. The first-order chi connectivity index (χ1) is 22.3. The molecule has 0 atom stereocenters. The summed E-state index contributed by atoms with van der Waals surface area (Å²) in [5.74, 6) is 0. The van der Waals surface area contributed by atoms with Crippen LogP contribution in [0.25, 0.3) is 90.4 Å². The second-order valence-corrected chi connectivity index (χ2v) is 13.6. The van der Waals surface area contributed by atoms with E-state index < -0.39 is 0 Å². The van der Waals surface area contributed by atoms with Crippen LogP contribution >= 0.6 is 22.7 Å². The Morgan fingerprint density at radius 3 is 2.11 bits per heavy atom. The van der Waals surface area contributed by atoms with Crippen molar-refractivity contribution in [2.24, 2.45) is 0 Å². The number of aromatic nitrogens is 2. The third-order valence-corrected chi connectivity index (χ3v) is 11.3. The van der Waals surface area contributed by atoms with Gasteiger partial charge in [0.2, 0.25) is 0 Å². The van der Waals surface area contributed by atoms with Gasteiger partial charge in [0.25, 0.3) is 0 Å². The molecule has 0 saturated heterocycles. The van der Waals surface area contributed by atoms with Crippen molar-refractivity contribution in [3.63, 3.8) is 0 Å². The lowest BCUT2D eigenvalue weighted by Gasteiger charge is -2.11. The van der Waals surface area contributed by atoms with Crippen molar-refractivity contribution in [1.29, 1.82) is 0 Å². The molecule has 10 rings (SSSR count). The SMILES string of the molecule is c1ccc(-c2cccc3c2sc2ccc4nc(-c5cc6ccccc6c6c5c5ccccc5n6-c5ccccc5)sc4c23)cc1. The number of hydrogen-bond donors (Lipinski definition) is 0. The molecule has 0 amide bonds. The number of nitrogens with zero attached hydrogens (tertiary/aromatic N) is 2. The lowest BCUT2D eigenvalue weighted by molar-refractivity contribution is 1.19. The van der Waals surface area contributed by atoms with Crippen molar-refractivity contribution in [3.8, 4) is 27.4 Å². The molecule has 0 N–H and O–H groups in total. The first kappa shape index (κ1) is 25.1. The van der Waals surface area contributed by atoms with Gasteiger partial charge >= 0.3 is 0 Å². The smallest absolute Gasteiger partial charge is 0.125 e. The zero-order valence-corrected chi connectivity index (χ0v) is 25.7. The highest BCUT2D eigenvalue weighted by molar-refractivity contribution is 7.28. The molecule has 2 nitrogen and oxygen atoms in total. The van der Waals surface area contributed by atoms with Crippen LogP contribution in [0, 0.1) is 0 Å². The molecule has 10 aromatic rings. The second-order valence-electron chi connectivity index (χ2n) is 11.5. The van der Waals surface area contributed by atoms with Gasteiger partial charge in [-0.15, -0.1) is 22.7 Å². The van der Waals surface area contributed by atoms with Crippen LogP contribution < -0.4 is 0 Å². The normalized spacial score (nSPS) is 12.0. The summed E-state index contributed by atoms with van der Waals surface area (Å²) in [5.41, 5.74) is 8.39. The summed E-state index contributed by atoms with van der Waals surface area (Å²) < 4.78 is 6.33. The van der Waals surface area contributed by atoms with Gasteiger partial charge in [0.1, 0.15) is 5.01 Å². The summed E-state index contributed by atoms with van der Waals surface area (Å²) in [5, 5.41) is 8.65. The molecule has 3 heterocycles. The van der Waals surface area contributed by atoms with Crippen LogP contribution in [-0.4, -0.2) is 9.55 Å². The van der Waals surface area contributed by atoms with Gasteiger partial charge in [-0.05, 0) is 52.9 Å². The molecule has 0 spiro atoms. The topological polar surface area (TPSA) is 17.8 Å². The fourth-order valence-corrected chi connectivity index (χ4v) is 9.53. The molecule has 210 valence electrons. The van der Waals surface area contributed by atoms with E-state index in [0.29, 0.717) is 0 Å². The monoisotopic (exact) mass is 608 g/mol. The van der Waals surface area contributed by atoms with Crippen molar-refractivity contribution in [2.45, 2.75) is 0 Å². The largest absolute Gasteiger partial charge is 0.309 e. The number of para-hydroxylation sites is 2. The molecule has 0 radical (unpaired) electrons. The minimum absolute atomic E-state index is 1.06. The molecular formula is C41H24N2S2. The molecule has 7 aromatic carbocycles.